The van der Waals surface area contributed by atoms with Crippen LogP contribution in [0.2, 0.25) is 0 Å². The van der Waals surface area contributed by atoms with Gasteiger partial charge in [0.2, 0.25) is 0 Å². The maximum Gasteiger partial charge on any atom is 0.353 e. The number of carboxylic acid groups (broad SMARTS) is 1. The number of nitrogens with zero attached hydrogens (tertiary/aromatic N) is 2. The molecule has 0 aliphatic heterocycles. The molecule has 2 N–H and O–H groups in total. The Morgan fingerprint density at radius 3 is 2.85 bits per heavy atom. The molecular weight excluding hydrogens is 334 g/mol. The molecule has 4 rings (SSSR count). The van der Waals surface area contributed by atoms with Gasteiger partial charge in [-0.1, -0.05) is 32.1 Å². The van der Waals surface area contributed by atoms with Crippen LogP contribution >= 0.6 is 0 Å². The normalized spacial score (nSPS) is 15.5. The van der Waals surface area contributed by atoms with E-state index in [-0.39, 0.29) is 11.3 Å². The van der Waals surface area contributed by atoms with Crippen LogP contribution in [0.5, 0.6) is 0 Å². The molecule has 1 aliphatic carbocycles. The minimum absolute atomic E-state index is 0.0582. The SMILES string of the molecule is O=C(O)c1cc2nc(-c3ccoc3)c(CCC3CCCCC3)c(=O)n2[nH]1. The molecule has 0 radical (unpaired) electrons. The van der Waals surface area contributed by atoms with Crippen LogP contribution in [0.4, 0.5) is 0 Å². The summed E-state index contributed by atoms with van der Waals surface area (Å²) in [6, 6.07) is 3.14. The Morgan fingerprint density at radius 2 is 2.15 bits per heavy atom. The molecule has 136 valence electrons. The summed E-state index contributed by atoms with van der Waals surface area (Å²) in [5.74, 6) is -0.484. The van der Waals surface area contributed by atoms with E-state index in [0.717, 1.165) is 12.0 Å². The molecule has 0 unspecified atom stereocenters. The van der Waals surface area contributed by atoms with Crippen LogP contribution in [-0.4, -0.2) is 25.7 Å². The largest absolute Gasteiger partial charge is 0.477 e. The van der Waals surface area contributed by atoms with Gasteiger partial charge < -0.3 is 9.52 Å². The molecule has 0 spiro atoms. The Bertz CT molecular complexity index is 978. The summed E-state index contributed by atoms with van der Waals surface area (Å²) < 4.78 is 6.39. The van der Waals surface area contributed by atoms with Crippen molar-refractivity contribution in [1.82, 2.24) is 14.6 Å². The molecule has 3 aromatic heterocycles. The van der Waals surface area contributed by atoms with Gasteiger partial charge in [-0.2, -0.15) is 0 Å². The number of aromatic carboxylic acids is 1. The predicted molar refractivity (Wildman–Crippen MR) is 95.4 cm³/mol. The number of carbonyl (C=O) groups is 1. The minimum Gasteiger partial charge on any atom is -0.477 e. The average molecular weight is 355 g/mol. The van der Waals surface area contributed by atoms with Crippen LogP contribution in [0.3, 0.4) is 0 Å². The highest BCUT2D eigenvalue weighted by atomic mass is 16.4. The molecule has 0 atom stereocenters. The highest BCUT2D eigenvalue weighted by molar-refractivity contribution is 5.86. The molecular formula is C19H21N3O4. The number of hydrogen-bond donors (Lipinski definition) is 2. The fraction of sp³-hybridized carbons (Fsp3) is 0.421. The van der Waals surface area contributed by atoms with Crippen molar-refractivity contribution >= 4 is 11.6 Å². The van der Waals surface area contributed by atoms with E-state index in [0.29, 0.717) is 29.2 Å². The molecule has 0 amide bonds. The van der Waals surface area contributed by atoms with Crippen molar-refractivity contribution in [2.45, 2.75) is 44.9 Å². The second-order valence-corrected chi connectivity index (χ2v) is 6.97. The fourth-order valence-corrected chi connectivity index (χ4v) is 3.86. The fourth-order valence-electron chi connectivity index (χ4n) is 3.86. The van der Waals surface area contributed by atoms with Crippen LogP contribution in [0.15, 0.2) is 33.9 Å². The summed E-state index contributed by atoms with van der Waals surface area (Å²) in [7, 11) is 0. The molecule has 26 heavy (non-hydrogen) atoms. The summed E-state index contributed by atoms with van der Waals surface area (Å²) in [4.78, 5) is 28.8. The Labute approximate surface area is 149 Å². The highest BCUT2D eigenvalue weighted by Gasteiger charge is 2.20. The number of carboxylic acids is 1. The van der Waals surface area contributed by atoms with Gasteiger partial charge in [-0.3, -0.25) is 9.89 Å². The first-order chi connectivity index (χ1) is 12.6. The van der Waals surface area contributed by atoms with E-state index >= 15 is 0 Å². The third-order valence-electron chi connectivity index (χ3n) is 5.26. The lowest BCUT2D eigenvalue weighted by Crippen LogP contribution is -2.22. The summed E-state index contributed by atoms with van der Waals surface area (Å²) in [5, 5.41) is 11.8. The van der Waals surface area contributed by atoms with Crippen molar-refractivity contribution in [3.63, 3.8) is 0 Å². The van der Waals surface area contributed by atoms with Gasteiger partial charge in [-0.15, -0.1) is 0 Å². The molecule has 3 heterocycles. The summed E-state index contributed by atoms with van der Waals surface area (Å²) in [5.41, 5.74) is 1.92. The smallest absolute Gasteiger partial charge is 0.353 e. The Morgan fingerprint density at radius 1 is 1.35 bits per heavy atom. The topological polar surface area (TPSA) is 101 Å². The van der Waals surface area contributed by atoms with Crippen LogP contribution in [-0.2, 0) is 6.42 Å². The first-order valence-corrected chi connectivity index (χ1v) is 9.04. The Hall–Kier alpha value is -2.83. The van der Waals surface area contributed by atoms with E-state index in [2.05, 4.69) is 10.1 Å². The first-order valence-electron chi connectivity index (χ1n) is 9.04. The van der Waals surface area contributed by atoms with Gasteiger partial charge in [0.1, 0.15) is 5.69 Å². The van der Waals surface area contributed by atoms with Gasteiger partial charge in [-0.05, 0) is 24.8 Å². The van der Waals surface area contributed by atoms with Gasteiger partial charge in [-0.25, -0.2) is 14.3 Å². The van der Waals surface area contributed by atoms with E-state index in [1.54, 1.807) is 18.6 Å². The number of H-pyrrole nitrogens is 1. The van der Waals surface area contributed by atoms with E-state index < -0.39 is 5.97 Å². The van der Waals surface area contributed by atoms with Crippen LogP contribution in [0.25, 0.3) is 16.9 Å². The van der Waals surface area contributed by atoms with Crippen molar-refractivity contribution in [3.05, 3.63) is 46.3 Å². The molecule has 3 aromatic rings. The summed E-state index contributed by atoms with van der Waals surface area (Å²) in [6.45, 7) is 0. The van der Waals surface area contributed by atoms with Crippen LogP contribution in [0, 0.1) is 5.92 Å². The Kier molecular flexibility index (Phi) is 4.36. The van der Waals surface area contributed by atoms with E-state index in [4.69, 9.17) is 4.42 Å². The van der Waals surface area contributed by atoms with Crippen molar-refractivity contribution < 1.29 is 14.3 Å². The van der Waals surface area contributed by atoms with Gasteiger partial charge >= 0.3 is 5.97 Å². The monoisotopic (exact) mass is 355 g/mol. The number of fused-ring (bicyclic) bond motifs is 1. The zero-order valence-electron chi connectivity index (χ0n) is 14.4. The quantitative estimate of drug-likeness (QED) is 0.729. The van der Waals surface area contributed by atoms with Crippen molar-refractivity contribution in [2.24, 2.45) is 5.92 Å². The maximum absolute atomic E-state index is 13.0. The molecule has 7 heteroatoms. The van der Waals surface area contributed by atoms with Crippen molar-refractivity contribution in [3.8, 4) is 11.3 Å². The lowest BCUT2D eigenvalue weighted by Gasteiger charge is -2.21. The zero-order chi connectivity index (χ0) is 18.1. The Balaban J connectivity index is 1.77. The second kappa shape index (κ2) is 6.82. The minimum atomic E-state index is -1.12. The summed E-state index contributed by atoms with van der Waals surface area (Å²) >= 11 is 0. The molecule has 1 aliphatic rings. The van der Waals surface area contributed by atoms with E-state index in [1.165, 1.54) is 42.7 Å². The zero-order valence-corrected chi connectivity index (χ0v) is 14.4. The number of furan rings is 1. The maximum atomic E-state index is 13.0. The molecule has 0 aromatic carbocycles. The van der Waals surface area contributed by atoms with Crippen molar-refractivity contribution in [1.29, 1.82) is 0 Å². The molecule has 1 fully saturated rings. The number of nitrogens with one attached hydrogen (secondary N) is 1. The van der Waals surface area contributed by atoms with Crippen LogP contribution < -0.4 is 5.56 Å². The number of aromatic amines is 1. The molecule has 0 bridgehead atoms. The third kappa shape index (κ3) is 3.05. The summed E-state index contributed by atoms with van der Waals surface area (Å²) in [6.07, 6.45) is 10.9. The predicted octanol–water partition coefficient (Wildman–Crippen LogP) is 3.49. The average Bonchev–Trinajstić information content (AvgIpc) is 3.31. The highest BCUT2D eigenvalue weighted by Crippen LogP contribution is 2.29. The molecule has 1 saturated carbocycles. The number of rotatable bonds is 5. The number of aromatic nitrogens is 3. The van der Waals surface area contributed by atoms with E-state index in [9.17, 15) is 14.7 Å². The van der Waals surface area contributed by atoms with Crippen LogP contribution in [0.1, 0.15) is 54.6 Å². The number of hydrogen-bond acceptors (Lipinski definition) is 4. The second-order valence-electron chi connectivity index (χ2n) is 6.97. The lowest BCUT2D eigenvalue weighted by molar-refractivity contribution is 0.0690. The van der Waals surface area contributed by atoms with Gasteiger partial charge in [0.15, 0.2) is 5.65 Å². The molecule has 0 saturated heterocycles. The first kappa shape index (κ1) is 16.6. The third-order valence-corrected chi connectivity index (χ3v) is 5.26. The van der Waals surface area contributed by atoms with Crippen molar-refractivity contribution in [2.75, 3.05) is 0 Å². The molecule has 7 nitrogen and oxygen atoms in total. The lowest BCUT2D eigenvalue weighted by atomic mass is 9.85. The van der Waals surface area contributed by atoms with Gasteiger partial charge in [0, 0.05) is 17.2 Å². The van der Waals surface area contributed by atoms with Gasteiger partial charge in [0.05, 0.1) is 18.2 Å². The van der Waals surface area contributed by atoms with Gasteiger partial charge in [0.25, 0.3) is 5.56 Å². The standard InChI is InChI=1S/C19H21N3O4/c23-18-14(7-6-12-4-2-1-3-5-12)17(13-8-9-26-11-13)20-16-10-15(19(24)25)21-22(16)18/h8-12,21H,1-7H2,(H,24,25). The van der Waals surface area contributed by atoms with E-state index in [1.807, 2.05) is 0 Å².